The smallest absolute Gasteiger partial charge is 0.270 e. The zero-order valence-electron chi connectivity index (χ0n) is 18.9. The highest BCUT2D eigenvalue weighted by Crippen LogP contribution is 2.47. The predicted molar refractivity (Wildman–Crippen MR) is 129 cm³/mol. The monoisotopic (exact) mass is 530 g/mol. The first-order valence-corrected chi connectivity index (χ1v) is 12.4. The molecule has 3 fully saturated rings. The van der Waals surface area contributed by atoms with E-state index in [4.69, 9.17) is 38.2 Å². The number of anilines is 1. The normalized spacial score (nSPS) is 23.0. The molecule has 3 heterocycles. The predicted octanol–water partition coefficient (Wildman–Crippen LogP) is 4.87. The standard InChI is InChI=1S/C25H21Cl2FN4O4/c26-16-2-1-3-17(27)20(16)21-15(23(36-31-21)11-4-5-11)10-35-19-8-12-6-14(19)25(34)32(12)13-7-18(28)22(24(29)33)30-9-13/h1-3,7,9,11-12,14,19H,4-6,8,10H2,(H2,29,33)/t12-,14+,19+/m0/s1. The van der Waals surface area contributed by atoms with E-state index in [-0.39, 0.29) is 36.5 Å². The molecule has 3 aromatic rings. The van der Waals surface area contributed by atoms with Crippen molar-refractivity contribution in [2.24, 2.45) is 11.7 Å². The molecule has 2 amide bonds. The molecule has 1 saturated heterocycles. The molecule has 0 radical (unpaired) electrons. The fourth-order valence-electron chi connectivity index (χ4n) is 5.30. The summed E-state index contributed by atoms with van der Waals surface area (Å²) in [4.78, 5) is 29.8. The summed E-state index contributed by atoms with van der Waals surface area (Å²) >= 11 is 12.9. The maximum atomic E-state index is 14.3. The van der Waals surface area contributed by atoms with Crippen LogP contribution in [0, 0.1) is 11.7 Å². The van der Waals surface area contributed by atoms with E-state index >= 15 is 0 Å². The second-order valence-corrected chi connectivity index (χ2v) is 10.2. The third kappa shape index (κ3) is 3.86. The molecule has 36 heavy (non-hydrogen) atoms. The summed E-state index contributed by atoms with van der Waals surface area (Å²) in [5.41, 5.74) is 6.93. The molecule has 186 valence electrons. The molecule has 6 rings (SSSR count). The van der Waals surface area contributed by atoms with Gasteiger partial charge in [0.25, 0.3) is 5.91 Å². The lowest BCUT2D eigenvalue weighted by Crippen LogP contribution is -2.43. The van der Waals surface area contributed by atoms with Gasteiger partial charge in [0.1, 0.15) is 11.5 Å². The van der Waals surface area contributed by atoms with Crippen molar-refractivity contribution >= 4 is 40.7 Å². The Labute approximate surface area is 215 Å². The third-order valence-electron chi connectivity index (χ3n) is 7.15. The van der Waals surface area contributed by atoms with E-state index in [2.05, 4.69) is 10.1 Å². The van der Waals surface area contributed by atoms with Gasteiger partial charge in [-0.1, -0.05) is 34.4 Å². The number of nitrogens with zero attached hydrogens (tertiary/aromatic N) is 3. The van der Waals surface area contributed by atoms with Crippen LogP contribution in [0.1, 0.15) is 53.4 Å². The molecule has 3 atom stereocenters. The van der Waals surface area contributed by atoms with Crippen LogP contribution in [0.15, 0.2) is 35.0 Å². The van der Waals surface area contributed by atoms with Crippen LogP contribution in [0.4, 0.5) is 10.1 Å². The van der Waals surface area contributed by atoms with Gasteiger partial charge in [-0.15, -0.1) is 0 Å². The Balaban J connectivity index is 1.21. The minimum Gasteiger partial charge on any atom is -0.372 e. The number of piperidine rings is 1. The minimum atomic E-state index is -0.960. The van der Waals surface area contributed by atoms with Gasteiger partial charge in [0.05, 0.1) is 40.6 Å². The number of carbonyl (C=O) groups excluding carboxylic acids is 2. The third-order valence-corrected chi connectivity index (χ3v) is 7.78. The lowest BCUT2D eigenvalue weighted by atomic mass is 10.0. The average Bonchev–Trinajstić information content (AvgIpc) is 3.34. The van der Waals surface area contributed by atoms with Gasteiger partial charge in [-0.05, 0) is 37.8 Å². The van der Waals surface area contributed by atoms with Crippen molar-refractivity contribution in [2.75, 3.05) is 4.90 Å². The van der Waals surface area contributed by atoms with E-state index in [1.165, 1.54) is 11.1 Å². The van der Waals surface area contributed by atoms with E-state index in [0.29, 0.717) is 39.8 Å². The first-order chi connectivity index (χ1) is 17.3. The molecule has 1 aromatic carbocycles. The van der Waals surface area contributed by atoms with Gasteiger partial charge in [0, 0.05) is 29.2 Å². The van der Waals surface area contributed by atoms with Crippen LogP contribution in [-0.2, 0) is 16.1 Å². The maximum Gasteiger partial charge on any atom is 0.270 e. The molecule has 1 aliphatic heterocycles. The Bertz CT molecular complexity index is 1370. The van der Waals surface area contributed by atoms with E-state index in [1.54, 1.807) is 18.2 Å². The number of carbonyl (C=O) groups is 2. The van der Waals surface area contributed by atoms with Crippen molar-refractivity contribution in [3.63, 3.8) is 0 Å². The lowest BCUT2D eigenvalue weighted by molar-refractivity contribution is -0.126. The van der Waals surface area contributed by atoms with Crippen molar-refractivity contribution in [3.8, 4) is 11.3 Å². The number of primary amides is 1. The van der Waals surface area contributed by atoms with Gasteiger partial charge < -0.3 is 19.9 Å². The highest BCUT2D eigenvalue weighted by atomic mass is 35.5. The summed E-state index contributed by atoms with van der Waals surface area (Å²) in [6.45, 7) is 0.205. The summed E-state index contributed by atoms with van der Waals surface area (Å²) in [5, 5.41) is 5.21. The Kier molecular flexibility index (Phi) is 5.74. The van der Waals surface area contributed by atoms with Gasteiger partial charge in [-0.25, -0.2) is 9.37 Å². The van der Waals surface area contributed by atoms with E-state index in [9.17, 15) is 14.0 Å². The molecule has 11 heteroatoms. The number of benzene rings is 1. The zero-order chi connectivity index (χ0) is 25.1. The fourth-order valence-corrected chi connectivity index (χ4v) is 5.88. The van der Waals surface area contributed by atoms with Crippen molar-refractivity contribution in [1.82, 2.24) is 10.1 Å². The first-order valence-electron chi connectivity index (χ1n) is 11.7. The summed E-state index contributed by atoms with van der Waals surface area (Å²) in [5.74, 6) is -1.29. The number of halogens is 3. The average molecular weight is 531 g/mol. The molecule has 2 aromatic heterocycles. The van der Waals surface area contributed by atoms with Crippen LogP contribution >= 0.6 is 23.2 Å². The second-order valence-electron chi connectivity index (χ2n) is 9.42. The highest BCUT2D eigenvalue weighted by Gasteiger charge is 2.52. The van der Waals surface area contributed by atoms with E-state index in [1.807, 2.05) is 0 Å². The molecule has 2 saturated carbocycles. The molecule has 2 N–H and O–H groups in total. The van der Waals surface area contributed by atoms with Gasteiger partial charge in [-0.3, -0.25) is 9.59 Å². The summed E-state index contributed by atoms with van der Waals surface area (Å²) in [6, 6.07) is 6.23. The van der Waals surface area contributed by atoms with Crippen molar-refractivity contribution < 1.29 is 23.2 Å². The summed E-state index contributed by atoms with van der Waals surface area (Å²) < 4.78 is 26.2. The molecule has 2 aliphatic carbocycles. The number of hydrogen-bond acceptors (Lipinski definition) is 6. The fraction of sp³-hybridized carbons (Fsp3) is 0.360. The quantitative estimate of drug-likeness (QED) is 0.466. The molecule has 2 bridgehead atoms. The van der Waals surface area contributed by atoms with E-state index < -0.39 is 17.4 Å². The van der Waals surface area contributed by atoms with Crippen LogP contribution in [-0.4, -0.2) is 34.1 Å². The minimum absolute atomic E-state index is 0.156. The summed E-state index contributed by atoms with van der Waals surface area (Å²) in [6.07, 6.45) is 4.19. The second kappa shape index (κ2) is 8.83. The Hall–Kier alpha value is -3.01. The lowest BCUT2D eigenvalue weighted by Gasteiger charge is -2.31. The molecule has 0 unspecified atom stereocenters. The van der Waals surface area contributed by atoms with Crippen LogP contribution in [0.5, 0.6) is 0 Å². The van der Waals surface area contributed by atoms with Crippen LogP contribution < -0.4 is 10.6 Å². The van der Waals surface area contributed by atoms with Gasteiger partial charge in [0.2, 0.25) is 5.91 Å². The number of ether oxygens (including phenoxy) is 1. The van der Waals surface area contributed by atoms with Gasteiger partial charge >= 0.3 is 0 Å². The van der Waals surface area contributed by atoms with Crippen LogP contribution in [0.25, 0.3) is 11.3 Å². The molecule has 3 aliphatic rings. The largest absolute Gasteiger partial charge is 0.372 e. The zero-order valence-corrected chi connectivity index (χ0v) is 20.4. The van der Waals surface area contributed by atoms with Crippen LogP contribution in [0.3, 0.4) is 0 Å². The van der Waals surface area contributed by atoms with E-state index in [0.717, 1.165) is 30.2 Å². The summed E-state index contributed by atoms with van der Waals surface area (Å²) in [7, 11) is 0. The maximum absolute atomic E-state index is 14.3. The topological polar surface area (TPSA) is 112 Å². The highest BCUT2D eigenvalue weighted by molar-refractivity contribution is 6.39. The molecule has 0 spiro atoms. The molecular weight excluding hydrogens is 510 g/mol. The Morgan fingerprint density at radius 1 is 1.25 bits per heavy atom. The number of fused-ring (bicyclic) bond motifs is 2. The SMILES string of the molecule is NC(=O)c1ncc(N2C(=O)[C@@H]3C[C@H]2C[C@H]3OCc2c(-c3c(Cl)cccc3Cl)noc2C2CC2)cc1F. The van der Waals surface area contributed by atoms with Crippen molar-refractivity contribution in [1.29, 1.82) is 0 Å². The number of aromatic nitrogens is 2. The number of hydrogen-bond donors (Lipinski definition) is 1. The first kappa shape index (κ1) is 23.4. The molecule has 8 nitrogen and oxygen atoms in total. The Morgan fingerprint density at radius 3 is 2.64 bits per heavy atom. The Morgan fingerprint density at radius 2 is 2.00 bits per heavy atom. The van der Waals surface area contributed by atoms with Crippen molar-refractivity contribution in [2.45, 2.75) is 50.4 Å². The number of nitrogens with two attached hydrogens (primary N) is 1. The number of pyridine rings is 1. The number of amides is 2. The van der Waals surface area contributed by atoms with Gasteiger partial charge in [0.15, 0.2) is 11.5 Å². The van der Waals surface area contributed by atoms with Crippen molar-refractivity contribution in [3.05, 3.63) is 63.3 Å². The van der Waals surface area contributed by atoms with Gasteiger partial charge in [-0.2, -0.15) is 0 Å². The molecular formula is C25H21Cl2FN4O4. The van der Waals surface area contributed by atoms with Crippen LogP contribution in [0.2, 0.25) is 10.0 Å². The number of rotatable bonds is 7.